The van der Waals surface area contributed by atoms with E-state index in [2.05, 4.69) is 5.32 Å². The molecule has 0 unspecified atom stereocenters. The van der Waals surface area contributed by atoms with Crippen LogP contribution in [0, 0.1) is 5.82 Å². The van der Waals surface area contributed by atoms with Gasteiger partial charge in [-0.1, -0.05) is 0 Å². The van der Waals surface area contributed by atoms with E-state index >= 15 is 0 Å². The molecule has 0 radical (unpaired) electrons. The Bertz CT molecular complexity index is 1070. The van der Waals surface area contributed by atoms with Gasteiger partial charge in [-0.2, -0.15) is 0 Å². The number of benzene rings is 1. The van der Waals surface area contributed by atoms with Gasteiger partial charge in [0, 0.05) is 5.69 Å². The van der Waals surface area contributed by atoms with Crippen molar-refractivity contribution in [3.63, 3.8) is 0 Å². The summed E-state index contributed by atoms with van der Waals surface area (Å²) in [5, 5.41) is 14.3. The van der Waals surface area contributed by atoms with Crippen LogP contribution >= 0.6 is 11.3 Å². The van der Waals surface area contributed by atoms with E-state index in [-0.39, 0.29) is 10.0 Å². The van der Waals surface area contributed by atoms with Gasteiger partial charge in [-0.15, -0.1) is 11.3 Å². The molecular weight excluding hydrogens is 415 g/mol. The average molecular weight is 439 g/mol. The van der Waals surface area contributed by atoms with Crippen molar-refractivity contribution in [3.8, 4) is 0 Å². The van der Waals surface area contributed by atoms with E-state index < -0.39 is 21.7 Å². The standard InChI is InChI=1S/C20H23FN2O4S2/c1-20(2,25)11-9-16(28-10-11)29(26,27)23-19(24)22-18-14-7-3-5-12(14)17(21)13-6-4-8-15(13)18/h9-10,25H,3-8H2,1-2H3,(H2,22,23,24). The molecule has 0 saturated heterocycles. The summed E-state index contributed by atoms with van der Waals surface area (Å²) in [5.41, 5.74) is 2.72. The lowest BCUT2D eigenvalue weighted by molar-refractivity contribution is 0.0789. The van der Waals surface area contributed by atoms with Crippen LogP contribution in [-0.2, 0) is 41.3 Å². The number of carbonyl (C=O) groups is 1. The summed E-state index contributed by atoms with van der Waals surface area (Å²) in [5.74, 6) is -0.152. The third-order valence-corrected chi connectivity index (χ3v) is 8.35. The Labute approximate surface area is 173 Å². The number of amides is 2. The van der Waals surface area contributed by atoms with Crippen LogP contribution in [0.2, 0.25) is 0 Å². The van der Waals surface area contributed by atoms with E-state index in [9.17, 15) is 22.7 Å². The lowest BCUT2D eigenvalue weighted by Crippen LogP contribution is -2.34. The van der Waals surface area contributed by atoms with E-state index in [1.165, 1.54) is 6.07 Å². The number of urea groups is 1. The minimum Gasteiger partial charge on any atom is -0.386 e. The van der Waals surface area contributed by atoms with Gasteiger partial charge in [-0.05, 0) is 91.6 Å². The molecule has 1 aromatic carbocycles. The first-order chi connectivity index (χ1) is 13.6. The summed E-state index contributed by atoms with van der Waals surface area (Å²) in [7, 11) is -4.08. The molecule has 2 amide bonds. The number of fused-ring (bicyclic) bond motifs is 2. The van der Waals surface area contributed by atoms with Crippen molar-refractivity contribution >= 4 is 33.1 Å². The van der Waals surface area contributed by atoms with Crippen molar-refractivity contribution in [2.24, 2.45) is 0 Å². The molecule has 0 atom stereocenters. The van der Waals surface area contributed by atoms with Crippen molar-refractivity contribution in [2.75, 3.05) is 5.32 Å². The molecule has 0 spiro atoms. The number of aliphatic hydroxyl groups is 1. The highest BCUT2D eigenvalue weighted by atomic mass is 32.2. The number of anilines is 1. The van der Waals surface area contributed by atoms with Gasteiger partial charge < -0.3 is 10.4 Å². The van der Waals surface area contributed by atoms with Crippen molar-refractivity contribution in [3.05, 3.63) is 45.1 Å². The molecule has 4 rings (SSSR count). The zero-order chi connectivity index (χ0) is 21.0. The van der Waals surface area contributed by atoms with Crippen LogP contribution in [0.1, 0.15) is 54.5 Å². The minimum atomic E-state index is -4.08. The number of sulfonamides is 1. The predicted molar refractivity (Wildman–Crippen MR) is 109 cm³/mol. The van der Waals surface area contributed by atoms with Gasteiger partial charge in [0.25, 0.3) is 10.0 Å². The minimum absolute atomic E-state index is 0.0562. The molecular formula is C20H23FN2O4S2. The summed E-state index contributed by atoms with van der Waals surface area (Å²) in [6.07, 6.45) is 4.25. The topological polar surface area (TPSA) is 95.5 Å². The maximum atomic E-state index is 14.7. The molecule has 29 heavy (non-hydrogen) atoms. The lowest BCUT2D eigenvalue weighted by atomic mass is 9.98. The number of thiophene rings is 1. The maximum absolute atomic E-state index is 14.7. The van der Waals surface area contributed by atoms with Crippen LogP contribution in [-0.4, -0.2) is 19.6 Å². The van der Waals surface area contributed by atoms with Gasteiger partial charge in [0.15, 0.2) is 0 Å². The first-order valence-electron chi connectivity index (χ1n) is 9.58. The van der Waals surface area contributed by atoms with E-state index in [1.807, 2.05) is 4.72 Å². The fourth-order valence-electron chi connectivity index (χ4n) is 4.13. The van der Waals surface area contributed by atoms with Crippen LogP contribution < -0.4 is 10.0 Å². The van der Waals surface area contributed by atoms with Gasteiger partial charge in [0.2, 0.25) is 0 Å². The number of hydrogen-bond acceptors (Lipinski definition) is 5. The number of hydrogen-bond donors (Lipinski definition) is 3. The number of halogens is 1. The van der Waals surface area contributed by atoms with Gasteiger partial charge in [0.1, 0.15) is 10.0 Å². The molecule has 2 aliphatic rings. The molecule has 3 N–H and O–H groups in total. The second-order valence-electron chi connectivity index (χ2n) is 8.08. The Morgan fingerprint density at radius 1 is 1.10 bits per heavy atom. The number of rotatable bonds is 4. The monoisotopic (exact) mass is 438 g/mol. The molecule has 0 aliphatic heterocycles. The third kappa shape index (κ3) is 3.67. The first-order valence-corrected chi connectivity index (χ1v) is 11.9. The summed E-state index contributed by atoms with van der Waals surface area (Å²) in [6, 6.07) is 0.492. The normalized spacial score (nSPS) is 15.9. The lowest BCUT2D eigenvalue weighted by Gasteiger charge is -2.17. The van der Waals surface area contributed by atoms with Crippen LogP contribution in [0.5, 0.6) is 0 Å². The Morgan fingerprint density at radius 2 is 1.66 bits per heavy atom. The quantitative estimate of drug-likeness (QED) is 0.680. The van der Waals surface area contributed by atoms with Gasteiger partial charge in [-0.3, -0.25) is 0 Å². The molecule has 2 aromatic rings. The molecule has 1 heterocycles. The average Bonchev–Trinajstić information content (AvgIpc) is 3.37. The van der Waals surface area contributed by atoms with E-state index in [0.29, 0.717) is 48.1 Å². The molecule has 0 fully saturated rings. The Kier molecular flexibility index (Phi) is 4.95. The molecule has 9 heteroatoms. The maximum Gasteiger partial charge on any atom is 0.333 e. The van der Waals surface area contributed by atoms with Gasteiger partial charge >= 0.3 is 6.03 Å². The largest absolute Gasteiger partial charge is 0.386 e. The van der Waals surface area contributed by atoms with Crippen LogP contribution in [0.25, 0.3) is 0 Å². The molecule has 2 aliphatic carbocycles. The third-order valence-electron chi connectivity index (χ3n) is 5.58. The molecule has 0 saturated carbocycles. The van der Waals surface area contributed by atoms with Crippen LogP contribution in [0.4, 0.5) is 14.9 Å². The highest BCUT2D eigenvalue weighted by Gasteiger charge is 2.31. The summed E-state index contributed by atoms with van der Waals surface area (Å²) >= 11 is 0.934. The van der Waals surface area contributed by atoms with Crippen molar-refractivity contribution in [2.45, 2.75) is 62.2 Å². The summed E-state index contributed by atoms with van der Waals surface area (Å²) in [6.45, 7) is 3.11. The second-order valence-corrected chi connectivity index (χ2v) is 10.9. The Morgan fingerprint density at radius 3 is 2.17 bits per heavy atom. The summed E-state index contributed by atoms with van der Waals surface area (Å²) < 4.78 is 41.9. The highest BCUT2D eigenvalue weighted by Crippen LogP contribution is 2.41. The number of carbonyl (C=O) groups excluding carboxylic acids is 1. The molecule has 6 nitrogen and oxygen atoms in total. The van der Waals surface area contributed by atoms with E-state index in [0.717, 1.165) is 35.3 Å². The fourth-order valence-corrected chi connectivity index (χ4v) is 6.38. The van der Waals surface area contributed by atoms with Crippen molar-refractivity contribution in [1.82, 2.24) is 4.72 Å². The number of nitrogens with one attached hydrogen (secondary N) is 2. The smallest absolute Gasteiger partial charge is 0.333 e. The zero-order valence-electron chi connectivity index (χ0n) is 16.3. The molecule has 1 aromatic heterocycles. The zero-order valence-corrected chi connectivity index (χ0v) is 17.9. The second kappa shape index (κ2) is 7.07. The van der Waals surface area contributed by atoms with Gasteiger partial charge in [-0.25, -0.2) is 22.3 Å². The van der Waals surface area contributed by atoms with Crippen LogP contribution in [0.15, 0.2) is 15.7 Å². The van der Waals surface area contributed by atoms with Crippen molar-refractivity contribution < 1.29 is 22.7 Å². The SMILES string of the molecule is CC(C)(O)c1csc(S(=O)(=O)NC(=O)Nc2c3c(c(F)c4c2CCC4)CCC3)c1. The van der Waals surface area contributed by atoms with Gasteiger partial charge in [0.05, 0.1) is 5.60 Å². The summed E-state index contributed by atoms with van der Waals surface area (Å²) in [4.78, 5) is 12.5. The van der Waals surface area contributed by atoms with E-state index in [1.54, 1.807) is 19.2 Å². The fraction of sp³-hybridized carbons (Fsp3) is 0.450. The molecule has 0 bridgehead atoms. The van der Waals surface area contributed by atoms with Crippen molar-refractivity contribution in [1.29, 1.82) is 0 Å². The van der Waals surface area contributed by atoms with Crippen LogP contribution in [0.3, 0.4) is 0 Å². The predicted octanol–water partition coefficient (Wildman–Crippen LogP) is 3.60. The van der Waals surface area contributed by atoms with E-state index in [4.69, 9.17) is 0 Å². The Hall–Kier alpha value is -1.97. The Balaban J connectivity index is 1.59. The highest BCUT2D eigenvalue weighted by molar-refractivity contribution is 7.92. The first kappa shape index (κ1) is 20.3. The molecule has 156 valence electrons.